The zero-order valence-electron chi connectivity index (χ0n) is 11.2. The average Bonchev–Trinajstić information content (AvgIpc) is 2.34. The number of anilines is 4. The smallest absolute Gasteiger partial charge is 0.143 e. The normalized spacial score (nSPS) is 10.5. The molecule has 2 aromatic carbocycles. The summed E-state index contributed by atoms with van der Waals surface area (Å²) in [5, 5.41) is 3.27. The van der Waals surface area contributed by atoms with Crippen LogP contribution in [0.25, 0.3) is 0 Å². The Balaban J connectivity index is 2.27. The average molecular weight is 257 g/mol. The van der Waals surface area contributed by atoms with Crippen LogP contribution in [0.1, 0.15) is 13.8 Å². The summed E-state index contributed by atoms with van der Waals surface area (Å²) in [6.07, 6.45) is 0.117. The molecular formula is C15H19N3O. The Morgan fingerprint density at radius 2 is 1.74 bits per heavy atom. The summed E-state index contributed by atoms with van der Waals surface area (Å²) in [6, 6.07) is 13.2. The molecule has 5 N–H and O–H groups in total. The van der Waals surface area contributed by atoms with E-state index in [1.165, 1.54) is 0 Å². The van der Waals surface area contributed by atoms with Gasteiger partial charge < -0.3 is 21.5 Å². The van der Waals surface area contributed by atoms with E-state index in [9.17, 15) is 0 Å². The topological polar surface area (TPSA) is 73.3 Å². The molecule has 2 aromatic rings. The molecule has 4 heteroatoms. The van der Waals surface area contributed by atoms with Gasteiger partial charge in [-0.25, -0.2) is 0 Å². The number of para-hydroxylation sites is 2. The molecule has 0 atom stereocenters. The molecule has 19 heavy (non-hydrogen) atoms. The summed E-state index contributed by atoms with van der Waals surface area (Å²) < 4.78 is 5.75. The predicted molar refractivity (Wildman–Crippen MR) is 80.8 cm³/mol. The molecule has 2 rings (SSSR count). The predicted octanol–water partition coefficient (Wildman–Crippen LogP) is 3.38. The van der Waals surface area contributed by atoms with Crippen LogP contribution in [-0.2, 0) is 0 Å². The minimum absolute atomic E-state index is 0.117. The second-order valence-corrected chi connectivity index (χ2v) is 4.63. The van der Waals surface area contributed by atoms with Crippen LogP contribution >= 0.6 is 0 Å². The zero-order chi connectivity index (χ0) is 13.8. The molecule has 0 radical (unpaired) electrons. The molecule has 4 nitrogen and oxygen atoms in total. The third-order valence-corrected chi connectivity index (χ3v) is 2.59. The van der Waals surface area contributed by atoms with Crippen LogP contribution in [0.2, 0.25) is 0 Å². The minimum Gasteiger partial charge on any atom is -0.489 e. The highest BCUT2D eigenvalue weighted by Gasteiger charge is 2.07. The monoisotopic (exact) mass is 257 g/mol. The molecule has 0 aliphatic carbocycles. The second-order valence-electron chi connectivity index (χ2n) is 4.63. The van der Waals surface area contributed by atoms with Crippen molar-refractivity contribution in [1.29, 1.82) is 0 Å². The largest absolute Gasteiger partial charge is 0.489 e. The van der Waals surface area contributed by atoms with Crippen LogP contribution in [0.4, 0.5) is 22.7 Å². The Morgan fingerprint density at radius 1 is 1.00 bits per heavy atom. The van der Waals surface area contributed by atoms with Gasteiger partial charge in [-0.2, -0.15) is 0 Å². The van der Waals surface area contributed by atoms with E-state index in [1.807, 2.05) is 50.2 Å². The molecule has 0 saturated carbocycles. The first-order valence-electron chi connectivity index (χ1n) is 6.24. The lowest BCUT2D eigenvalue weighted by molar-refractivity contribution is 0.244. The van der Waals surface area contributed by atoms with Gasteiger partial charge in [0, 0.05) is 5.69 Å². The maximum absolute atomic E-state index is 5.94. The molecule has 0 amide bonds. The second kappa shape index (κ2) is 5.52. The molecule has 0 fully saturated rings. The summed E-state index contributed by atoms with van der Waals surface area (Å²) in [4.78, 5) is 0. The summed E-state index contributed by atoms with van der Waals surface area (Å²) in [6.45, 7) is 3.99. The summed E-state index contributed by atoms with van der Waals surface area (Å²) in [7, 11) is 0. The minimum atomic E-state index is 0.117. The highest BCUT2D eigenvalue weighted by molar-refractivity contribution is 5.77. The van der Waals surface area contributed by atoms with Crippen molar-refractivity contribution >= 4 is 22.7 Å². The molecule has 100 valence electrons. The molecule has 0 unspecified atom stereocenters. The molecule has 0 saturated heterocycles. The Hall–Kier alpha value is -2.36. The third kappa shape index (κ3) is 3.31. The van der Waals surface area contributed by atoms with Crippen molar-refractivity contribution < 1.29 is 4.74 Å². The van der Waals surface area contributed by atoms with Crippen LogP contribution < -0.4 is 21.5 Å². The Bertz CT molecular complexity index is 567. The van der Waals surface area contributed by atoms with E-state index < -0.39 is 0 Å². The SMILES string of the molecule is CC(C)Oc1ccccc1Nc1ccc(N)cc1N. The van der Waals surface area contributed by atoms with Crippen LogP contribution in [0.15, 0.2) is 42.5 Å². The van der Waals surface area contributed by atoms with Crippen molar-refractivity contribution in [2.24, 2.45) is 0 Å². The number of nitrogen functional groups attached to an aromatic ring is 2. The Labute approximate surface area is 113 Å². The quantitative estimate of drug-likeness (QED) is 0.734. The molecule has 0 aliphatic rings. The molecular weight excluding hydrogens is 238 g/mol. The van der Waals surface area contributed by atoms with Gasteiger partial charge in [0.1, 0.15) is 5.75 Å². The fourth-order valence-electron chi connectivity index (χ4n) is 1.77. The van der Waals surface area contributed by atoms with E-state index in [1.54, 1.807) is 6.07 Å². The van der Waals surface area contributed by atoms with Gasteiger partial charge in [-0.3, -0.25) is 0 Å². The fourth-order valence-corrected chi connectivity index (χ4v) is 1.77. The number of nitrogens with one attached hydrogen (secondary N) is 1. The first-order valence-corrected chi connectivity index (χ1v) is 6.24. The summed E-state index contributed by atoms with van der Waals surface area (Å²) in [5.41, 5.74) is 14.6. The maximum atomic E-state index is 5.94. The van der Waals surface area contributed by atoms with Crippen LogP contribution in [0, 0.1) is 0 Å². The van der Waals surface area contributed by atoms with Crippen LogP contribution in [-0.4, -0.2) is 6.10 Å². The molecule has 0 spiro atoms. The molecule has 0 bridgehead atoms. The fraction of sp³-hybridized carbons (Fsp3) is 0.200. The Kier molecular flexibility index (Phi) is 3.80. The lowest BCUT2D eigenvalue weighted by Gasteiger charge is -2.16. The highest BCUT2D eigenvalue weighted by atomic mass is 16.5. The standard InChI is InChI=1S/C15H19N3O/c1-10(2)19-15-6-4-3-5-14(15)18-13-8-7-11(16)9-12(13)17/h3-10,18H,16-17H2,1-2H3. The zero-order valence-corrected chi connectivity index (χ0v) is 11.2. The third-order valence-electron chi connectivity index (χ3n) is 2.59. The first-order chi connectivity index (χ1) is 9.06. The van der Waals surface area contributed by atoms with Crippen molar-refractivity contribution in [2.45, 2.75) is 20.0 Å². The van der Waals surface area contributed by atoms with Crippen molar-refractivity contribution in [3.63, 3.8) is 0 Å². The van der Waals surface area contributed by atoms with E-state index in [4.69, 9.17) is 16.2 Å². The van der Waals surface area contributed by atoms with E-state index in [2.05, 4.69) is 5.32 Å². The van der Waals surface area contributed by atoms with Gasteiger partial charge in [0.05, 0.1) is 23.2 Å². The van der Waals surface area contributed by atoms with Crippen LogP contribution in [0.5, 0.6) is 5.75 Å². The number of rotatable bonds is 4. The number of benzene rings is 2. The highest BCUT2D eigenvalue weighted by Crippen LogP contribution is 2.31. The number of hydrogen-bond donors (Lipinski definition) is 3. The van der Waals surface area contributed by atoms with Gasteiger partial charge >= 0.3 is 0 Å². The lowest BCUT2D eigenvalue weighted by Crippen LogP contribution is -2.07. The summed E-state index contributed by atoms with van der Waals surface area (Å²) in [5.74, 6) is 0.800. The van der Waals surface area contributed by atoms with Crippen molar-refractivity contribution in [3.8, 4) is 5.75 Å². The lowest BCUT2D eigenvalue weighted by atomic mass is 10.2. The van der Waals surface area contributed by atoms with Gasteiger partial charge in [-0.15, -0.1) is 0 Å². The number of nitrogens with two attached hydrogens (primary N) is 2. The van der Waals surface area contributed by atoms with Gasteiger partial charge in [0.15, 0.2) is 0 Å². The van der Waals surface area contributed by atoms with Gasteiger partial charge in [0.25, 0.3) is 0 Å². The van der Waals surface area contributed by atoms with Crippen molar-refractivity contribution in [1.82, 2.24) is 0 Å². The summed E-state index contributed by atoms with van der Waals surface area (Å²) >= 11 is 0. The van der Waals surface area contributed by atoms with Crippen molar-refractivity contribution in [2.75, 3.05) is 16.8 Å². The molecule has 0 aromatic heterocycles. The van der Waals surface area contributed by atoms with Gasteiger partial charge in [-0.05, 0) is 44.2 Å². The van der Waals surface area contributed by atoms with E-state index in [-0.39, 0.29) is 6.10 Å². The maximum Gasteiger partial charge on any atom is 0.143 e. The van der Waals surface area contributed by atoms with E-state index >= 15 is 0 Å². The first kappa shape index (κ1) is 13.1. The van der Waals surface area contributed by atoms with Gasteiger partial charge in [-0.1, -0.05) is 12.1 Å². The van der Waals surface area contributed by atoms with Crippen LogP contribution in [0.3, 0.4) is 0 Å². The van der Waals surface area contributed by atoms with E-state index in [0.717, 1.165) is 17.1 Å². The molecule has 0 heterocycles. The number of hydrogen-bond acceptors (Lipinski definition) is 4. The number of ether oxygens (including phenoxy) is 1. The van der Waals surface area contributed by atoms with Crippen molar-refractivity contribution in [3.05, 3.63) is 42.5 Å². The Morgan fingerprint density at radius 3 is 2.42 bits per heavy atom. The van der Waals surface area contributed by atoms with Gasteiger partial charge in [0.2, 0.25) is 0 Å². The molecule has 0 aliphatic heterocycles. The van der Waals surface area contributed by atoms with E-state index in [0.29, 0.717) is 11.4 Å².